The molecular weight excluding hydrogens is 532 g/mol. The highest BCUT2D eigenvalue weighted by Gasteiger charge is 2.25. The maximum Gasteiger partial charge on any atom is 0.241 e. The van der Waals surface area contributed by atoms with Crippen molar-refractivity contribution in [1.82, 2.24) is 19.6 Å². The molecule has 0 saturated carbocycles. The number of aromatic nitrogens is 2. The van der Waals surface area contributed by atoms with Crippen LogP contribution >= 0.6 is 0 Å². The summed E-state index contributed by atoms with van der Waals surface area (Å²) < 4.78 is 34.5. The highest BCUT2D eigenvalue weighted by Crippen LogP contribution is 2.27. The van der Waals surface area contributed by atoms with Crippen LogP contribution in [0.15, 0.2) is 53.4 Å². The largest absolute Gasteiger partial charge is 0.492 e. The second-order valence-electron chi connectivity index (χ2n) is 12.7. The number of rotatable bonds is 11. The maximum atomic E-state index is 12.9. The zero-order valence-corrected chi connectivity index (χ0v) is 26.2. The van der Waals surface area contributed by atoms with Crippen molar-refractivity contribution in [2.24, 2.45) is 0 Å². The average molecular weight is 572 g/mol. The van der Waals surface area contributed by atoms with Gasteiger partial charge in [-0.15, -0.1) is 0 Å². The van der Waals surface area contributed by atoms with E-state index in [1.54, 1.807) is 18.2 Å². The average Bonchev–Trinajstić information content (AvgIpc) is 3.36. The summed E-state index contributed by atoms with van der Waals surface area (Å²) in [6, 6.07) is 14.5. The van der Waals surface area contributed by atoms with Crippen molar-refractivity contribution < 1.29 is 13.2 Å². The Kier molecular flexibility index (Phi) is 9.45. The first-order valence-corrected chi connectivity index (χ1v) is 15.7. The highest BCUT2D eigenvalue weighted by molar-refractivity contribution is 7.89. The molecule has 0 amide bonds. The molecule has 0 radical (unpaired) electrons. The minimum absolute atomic E-state index is 0.182. The second kappa shape index (κ2) is 12.5. The summed E-state index contributed by atoms with van der Waals surface area (Å²) in [7, 11) is 4.59. The summed E-state index contributed by atoms with van der Waals surface area (Å²) in [5.41, 5.74) is 2.64. The van der Waals surface area contributed by atoms with Crippen LogP contribution in [0, 0.1) is 0 Å². The molecule has 214 valence electrons. The van der Waals surface area contributed by atoms with Gasteiger partial charge in [0.2, 0.25) is 16.0 Å². The summed E-state index contributed by atoms with van der Waals surface area (Å²) in [5.74, 6) is 1.89. The molecule has 0 unspecified atom stereocenters. The summed E-state index contributed by atoms with van der Waals surface area (Å²) in [6.07, 6.45) is 2.55. The van der Waals surface area contributed by atoms with Gasteiger partial charge in [-0.2, -0.15) is 4.98 Å². The Morgan fingerprint density at radius 3 is 2.27 bits per heavy atom. The van der Waals surface area contributed by atoms with Crippen molar-refractivity contribution in [3.63, 3.8) is 0 Å². The number of sulfonamides is 1. The molecule has 3 N–H and O–H groups in total. The van der Waals surface area contributed by atoms with Crippen molar-refractivity contribution in [3.05, 3.63) is 54.1 Å². The van der Waals surface area contributed by atoms with E-state index in [1.807, 2.05) is 58.9 Å². The fourth-order valence-corrected chi connectivity index (χ4v) is 6.48. The zero-order chi connectivity index (χ0) is 29.8. The molecular formula is C27H40B4N6O3S. The molecule has 3 aromatic rings. The molecule has 2 aromatic carbocycles. The van der Waals surface area contributed by atoms with Crippen molar-refractivity contribution in [2.75, 3.05) is 36.9 Å². The van der Waals surface area contributed by atoms with Gasteiger partial charge in [-0.3, -0.25) is 4.90 Å². The van der Waals surface area contributed by atoms with Crippen molar-refractivity contribution in [1.29, 1.82) is 0 Å². The Morgan fingerprint density at radius 1 is 0.951 bits per heavy atom. The van der Waals surface area contributed by atoms with Crippen molar-refractivity contribution in [3.8, 4) is 5.75 Å². The van der Waals surface area contributed by atoms with Gasteiger partial charge in [0.1, 0.15) is 18.2 Å². The van der Waals surface area contributed by atoms with Crippen LogP contribution in [0.5, 0.6) is 5.75 Å². The van der Waals surface area contributed by atoms with Crippen molar-refractivity contribution >= 4 is 70.1 Å². The molecule has 0 bridgehead atoms. The normalized spacial score (nSPS) is 14.6. The Hall–Kier alpha value is -2.95. The Labute approximate surface area is 248 Å². The van der Waals surface area contributed by atoms with Gasteiger partial charge >= 0.3 is 0 Å². The van der Waals surface area contributed by atoms with Crippen LogP contribution in [0.3, 0.4) is 0 Å². The Balaban J connectivity index is 1.53. The number of nitrogens with zero attached hydrogens (tertiary/aromatic N) is 3. The molecule has 1 fully saturated rings. The van der Waals surface area contributed by atoms with Gasteiger partial charge in [0.15, 0.2) is 7.85 Å². The fraction of sp³-hybridized carbons (Fsp3) is 0.407. The summed E-state index contributed by atoms with van der Waals surface area (Å²) in [4.78, 5) is 12.2. The van der Waals surface area contributed by atoms with Crippen LogP contribution in [0.25, 0.3) is 0 Å². The molecule has 14 heteroatoms. The Bertz CT molecular complexity index is 1460. The molecule has 1 saturated heterocycles. The SMILES string of the molecule is Bc1nc(Nc2ccc(OCCN3CCCC3)cc2)nc(Nc2cccc(S(=O)(=O)NC(C)(C)C)c2)c1C(B)(B)B. The molecule has 41 heavy (non-hydrogen) atoms. The predicted molar refractivity (Wildman–Crippen MR) is 178 cm³/mol. The van der Waals surface area contributed by atoms with Crippen LogP contribution in [0.4, 0.5) is 23.1 Å². The number of benzene rings is 2. The minimum atomic E-state index is -3.69. The third-order valence-electron chi connectivity index (χ3n) is 6.67. The number of likely N-dealkylation sites (tertiary alicyclic amines) is 1. The third kappa shape index (κ3) is 8.77. The molecule has 0 spiro atoms. The second-order valence-corrected chi connectivity index (χ2v) is 14.3. The van der Waals surface area contributed by atoms with Gasteiger partial charge in [-0.05, 0) is 94.7 Å². The van der Waals surface area contributed by atoms with E-state index in [9.17, 15) is 8.42 Å². The quantitative estimate of drug-likeness (QED) is 0.271. The van der Waals surface area contributed by atoms with Gasteiger partial charge in [0.05, 0.1) is 28.4 Å². The first kappa shape index (κ1) is 31.0. The van der Waals surface area contributed by atoms with E-state index in [0.29, 0.717) is 24.1 Å². The van der Waals surface area contributed by atoms with E-state index in [1.165, 1.54) is 12.8 Å². The summed E-state index contributed by atoms with van der Waals surface area (Å²) in [5, 5.41) is 6.42. The van der Waals surface area contributed by atoms with Gasteiger partial charge in [0, 0.05) is 29.1 Å². The lowest BCUT2D eigenvalue weighted by Crippen LogP contribution is -2.40. The lowest BCUT2D eigenvalue weighted by molar-refractivity contribution is 0.238. The smallest absolute Gasteiger partial charge is 0.241 e. The number of ether oxygens (including phenoxy) is 1. The molecule has 1 aromatic heterocycles. The molecule has 1 aliphatic heterocycles. The van der Waals surface area contributed by atoms with Crippen LogP contribution in [-0.4, -0.2) is 86.5 Å². The molecule has 0 atom stereocenters. The summed E-state index contributed by atoms with van der Waals surface area (Å²) >= 11 is 0. The molecule has 0 aliphatic carbocycles. The minimum Gasteiger partial charge on any atom is -0.492 e. The first-order chi connectivity index (χ1) is 19.2. The first-order valence-electron chi connectivity index (χ1n) is 14.2. The van der Waals surface area contributed by atoms with Gasteiger partial charge in [-0.25, -0.2) is 18.1 Å². The van der Waals surface area contributed by atoms with E-state index < -0.39 is 15.6 Å². The van der Waals surface area contributed by atoms with Crippen LogP contribution in [0.2, 0.25) is 0 Å². The fourth-order valence-electron chi connectivity index (χ4n) is 5.02. The standard InChI is InChI=1S/C27H40B4N6O3S/c1-26(2,3)36-41(38,39)21-8-6-7-19(17-21)32-24-22(27(29,30)31)23(28)34-25(35-24)33-18-9-11-20(12-10-18)40-16-15-37-13-4-5-14-37/h6-12,17,36H,4-5,13-16,28-31H2,1-3H3,(H2,32,33,34,35). The van der Waals surface area contributed by atoms with E-state index >= 15 is 0 Å². The van der Waals surface area contributed by atoms with Gasteiger partial charge in [-0.1, -0.05) is 11.2 Å². The van der Waals surface area contributed by atoms with Gasteiger partial charge < -0.3 is 15.4 Å². The lowest BCUT2D eigenvalue weighted by Gasteiger charge is -2.26. The van der Waals surface area contributed by atoms with Crippen LogP contribution in [-0.2, 0) is 15.1 Å². The number of hydrogen-bond acceptors (Lipinski definition) is 8. The van der Waals surface area contributed by atoms with E-state index in [0.717, 1.165) is 42.2 Å². The monoisotopic (exact) mass is 572 g/mol. The van der Waals surface area contributed by atoms with Gasteiger partial charge in [0.25, 0.3) is 0 Å². The van der Waals surface area contributed by atoms with E-state index in [4.69, 9.17) is 14.7 Å². The predicted octanol–water partition coefficient (Wildman–Crippen LogP) is -0.217. The third-order valence-corrected chi connectivity index (χ3v) is 8.43. The van der Waals surface area contributed by atoms with E-state index in [-0.39, 0.29) is 10.0 Å². The number of nitrogens with one attached hydrogen (secondary N) is 3. The molecule has 2 heterocycles. The highest BCUT2D eigenvalue weighted by atomic mass is 32.2. The Morgan fingerprint density at radius 2 is 1.63 bits per heavy atom. The molecule has 4 rings (SSSR count). The van der Waals surface area contributed by atoms with Crippen LogP contribution in [0.1, 0.15) is 39.2 Å². The maximum absolute atomic E-state index is 12.9. The van der Waals surface area contributed by atoms with Crippen LogP contribution < -0.4 is 25.7 Å². The van der Waals surface area contributed by atoms with Crippen molar-refractivity contribution in [2.45, 2.75) is 49.2 Å². The summed E-state index contributed by atoms with van der Waals surface area (Å²) in [6.45, 7) is 9.40. The zero-order valence-electron chi connectivity index (χ0n) is 25.3. The number of anilines is 4. The lowest BCUT2D eigenvalue weighted by atomic mass is 9.39. The molecule has 1 aliphatic rings. The number of hydrogen-bond donors (Lipinski definition) is 3. The van der Waals surface area contributed by atoms with E-state index in [2.05, 4.69) is 43.8 Å². The molecule has 9 nitrogen and oxygen atoms in total. The topological polar surface area (TPSA) is 108 Å².